The molecule has 202 valence electrons. The summed E-state index contributed by atoms with van der Waals surface area (Å²) in [7, 11) is 2.92. The molecule has 10 heteroatoms. The molecule has 0 spiro atoms. The molecule has 1 aromatic heterocycles. The van der Waals surface area contributed by atoms with E-state index in [1.165, 1.54) is 30.9 Å². The number of aromatic nitrogens is 2. The number of amides is 2. The van der Waals surface area contributed by atoms with Crippen molar-refractivity contribution >= 4 is 22.7 Å². The number of fused-ring (bicyclic) bond motifs is 1. The van der Waals surface area contributed by atoms with E-state index in [4.69, 9.17) is 9.47 Å². The lowest BCUT2D eigenvalue weighted by Gasteiger charge is -2.26. The van der Waals surface area contributed by atoms with E-state index in [-0.39, 0.29) is 35.8 Å². The minimum atomic E-state index is -0.616. The molecule has 38 heavy (non-hydrogen) atoms. The zero-order chi connectivity index (χ0) is 27.2. The van der Waals surface area contributed by atoms with Gasteiger partial charge in [0, 0.05) is 31.3 Å². The first kappa shape index (κ1) is 27.0. The molecule has 0 bridgehead atoms. The van der Waals surface area contributed by atoms with Crippen LogP contribution >= 0.6 is 0 Å². The maximum Gasteiger partial charge on any atom is 0.332 e. The highest BCUT2D eigenvalue weighted by Gasteiger charge is 2.20. The fourth-order valence-corrected chi connectivity index (χ4v) is 4.71. The van der Waals surface area contributed by atoms with Crippen LogP contribution in [0, 0.1) is 0 Å². The number of carbonyl (C=O) groups excluding carboxylic acids is 2. The summed E-state index contributed by atoms with van der Waals surface area (Å²) < 4.78 is 13.1. The molecule has 1 N–H and O–H groups in total. The van der Waals surface area contributed by atoms with Gasteiger partial charge in [0.2, 0.25) is 5.91 Å². The van der Waals surface area contributed by atoms with Crippen LogP contribution in [0.4, 0.5) is 0 Å². The summed E-state index contributed by atoms with van der Waals surface area (Å²) in [6.45, 7) is 3.65. The lowest BCUT2D eigenvalue weighted by atomic mass is 10.1. The molecule has 0 saturated carbocycles. The van der Waals surface area contributed by atoms with E-state index in [1.54, 1.807) is 24.3 Å². The molecule has 1 aliphatic rings. The zero-order valence-corrected chi connectivity index (χ0v) is 22.1. The largest absolute Gasteiger partial charge is 0.493 e. The Bertz CT molecular complexity index is 1430. The Morgan fingerprint density at radius 2 is 1.58 bits per heavy atom. The van der Waals surface area contributed by atoms with Crippen LogP contribution in [0.25, 0.3) is 10.9 Å². The first-order valence-corrected chi connectivity index (χ1v) is 12.9. The van der Waals surface area contributed by atoms with E-state index in [0.29, 0.717) is 29.2 Å². The van der Waals surface area contributed by atoms with Gasteiger partial charge in [0.15, 0.2) is 11.5 Å². The van der Waals surface area contributed by atoms with Gasteiger partial charge in [0.1, 0.15) is 6.54 Å². The first-order chi connectivity index (χ1) is 18.4. The highest BCUT2D eigenvalue weighted by molar-refractivity contribution is 5.94. The van der Waals surface area contributed by atoms with Crippen LogP contribution in [0.3, 0.4) is 0 Å². The molecule has 3 aromatic rings. The summed E-state index contributed by atoms with van der Waals surface area (Å²) in [4.78, 5) is 54.3. The normalized spacial score (nSPS) is 13.4. The average molecular weight is 523 g/mol. The Labute approximate surface area is 220 Å². The molecule has 1 saturated heterocycles. The third-order valence-electron chi connectivity index (χ3n) is 6.79. The molecule has 1 aliphatic heterocycles. The van der Waals surface area contributed by atoms with Crippen LogP contribution in [-0.4, -0.2) is 59.7 Å². The monoisotopic (exact) mass is 522 g/mol. The van der Waals surface area contributed by atoms with Gasteiger partial charge in [-0.2, -0.15) is 0 Å². The molecule has 1 fully saturated rings. The SMILES string of the molecule is CCCNC(=O)Cn1c(=O)n(Cc2ccc(C(=O)N3CCCCC3)cc2)c(=O)c2cc(OC)c(OC)cc21. The summed E-state index contributed by atoms with van der Waals surface area (Å²) in [6, 6.07) is 10.0. The standard InChI is InChI=1S/C28H34N4O6/c1-4-12-29-25(33)18-31-22-16-24(38-3)23(37-2)15-21(22)27(35)32(28(31)36)17-19-8-10-20(11-9-19)26(34)30-13-6-5-7-14-30/h8-11,15-16H,4-7,12-14,17-18H2,1-3H3,(H,29,33). The number of ether oxygens (including phenoxy) is 2. The molecule has 0 atom stereocenters. The van der Waals surface area contributed by atoms with Crippen LogP contribution in [0.15, 0.2) is 46.0 Å². The lowest BCUT2D eigenvalue weighted by molar-refractivity contribution is -0.121. The zero-order valence-electron chi connectivity index (χ0n) is 22.1. The van der Waals surface area contributed by atoms with Crippen LogP contribution in [0.1, 0.15) is 48.5 Å². The van der Waals surface area contributed by atoms with E-state index in [2.05, 4.69) is 5.32 Å². The third-order valence-corrected chi connectivity index (χ3v) is 6.79. The molecule has 2 heterocycles. The van der Waals surface area contributed by atoms with Crippen molar-refractivity contribution in [2.24, 2.45) is 0 Å². The molecule has 0 aliphatic carbocycles. The van der Waals surface area contributed by atoms with Crippen LogP contribution in [0.5, 0.6) is 11.5 Å². The van der Waals surface area contributed by atoms with Crippen LogP contribution in [-0.2, 0) is 17.9 Å². The van der Waals surface area contributed by atoms with Gasteiger partial charge >= 0.3 is 5.69 Å². The van der Waals surface area contributed by atoms with Crippen molar-refractivity contribution < 1.29 is 19.1 Å². The summed E-state index contributed by atoms with van der Waals surface area (Å²) in [6.07, 6.45) is 3.91. The highest BCUT2D eigenvalue weighted by Crippen LogP contribution is 2.30. The second-order valence-corrected chi connectivity index (χ2v) is 9.38. The number of piperidine rings is 1. The number of hydrogen-bond acceptors (Lipinski definition) is 6. The Hall–Kier alpha value is -4.08. The Kier molecular flexibility index (Phi) is 8.50. The molecule has 4 rings (SSSR count). The summed E-state index contributed by atoms with van der Waals surface area (Å²) >= 11 is 0. The van der Waals surface area contributed by atoms with Gasteiger partial charge in [-0.15, -0.1) is 0 Å². The highest BCUT2D eigenvalue weighted by atomic mass is 16.5. The Balaban J connectivity index is 1.73. The van der Waals surface area contributed by atoms with Gasteiger partial charge in [-0.05, 0) is 49.4 Å². The van der Waals surface area contributed by atoms with Crippen molar-refractivity contribution in [1.82, 2.24) is 19.4 Å². The molecular weight excluding hydrogens is 488 g/mol. The van der Waals surface area contributed by atoms with Crippen molar-refractivity contribution in [2.75, 3.05) is 33.9 Å². The Morgan fingerprint density at radius 1 is 0.921 bits per heavy atom. The second-order valence-electron chi connectivity index (χ2n) is 9.38. The van der Waals surface area contributed by atoms with E-state index < -0.39 is 11.2 Å². The van der Waals surface area contributed by atoms with Crippen molar-refractivity contribution in [3.63, 3.8) is 0 Å². The van der Waals surface area contributed by atoms with Crippen LogP contribution < -0.4 is 26.0 Å². The molecule has 0 radical (unpaired) electrons. The quantitative estimate of drug-likeness (QED) is 0.462. The van der Waals surface area contributed by atoms with Crippen molar-refractivity contribution in [1.29, 1.82) is 0 Å². The van der Waals surface area contributed by atoms with Gasteiger partial charge in [-0.25, -0.2) is 4.79 Å². The minimum absolute atomic E-state index is 0.0133. The van der Waals surface area contributed by atoms with E-state index in [0.717, 1.165) is 43.3 Å². The smallest absolute Gasteiger partial charge is 0.332 e. The fourth-order valence-electron chi connectivity index (χ4n) is 4.71. The average Bonchev–Trinajstić information content (AvgIpc) is 2.96. The predicted molar refractivity (Wildman–Crippen MR) is 144 cm³/mol. The molecule has 0 unspecified atom stereocenters. The number of likely N-dealkylation sites (tertiary alicyclic amines) is 1. The summed E-state index contributed by atoms with van der Waals surface area (Å²) in [5.41, 5.74) is 0.409. The molecular formula is C28H34N4O6. The summed E-state index contributed by atoms with van der Waals surface area (Å²) in [5, 5.41) is 3.00. The predicted octanol–water partition coefficient (Wildman–Crippen LogP) is 2.38. The Morgan fingerprint density at radius 3 is 2.21 bits per heavy atom. The van der Waals surface area contributed by atoms with Crippen LogP contribution in [0.2, 0.25) is 0 Å². The number of carbonyl (C=O) groups is 2. The minimum Gasteiger partial charge on any atom is -0.493 e. The second kappa shape index (κ2) is 12.0. The summed E-state index contributed by atoms with van der Waals surface area (Å²) in [5.74, 6) is 0.328. The van der Waals surface area contributed by atoms with E-state index in [9.17, 15) is 19.2 Å². The van der Waals surface area contributed by atoms with Gasteiger partial charge in [0.25, 0.3) is 11.5 Å². The lowest BCUT2D eigenvalue weighted by Crippen LogP contribution is -2.43. The van der Waals surface area contributed by atoms with Gasteiger partial charge in [-0.1, -0.05) is 19.1 Å². The van der Waals surface area contributed by atoms with Crippen molar-refractivity contribution in [3.8, 4) is 11.5 Å². The van der Waals surface area contributed by atoms with Gasteiger partial charge < -0.3 is 19.7 Å². The van der Waals surface area contributed by atoms with E-state index >= 15 is 0 Å². The number of nitrogens with zero attached hydrogens (tertiary/aromatic N) is 3. The molecule has 2 aromatic carbocycles. The topological polar surface area (TPSA) is 112 Å². The number of hydrogen-bond donors (Lipinski definition) is 1. The fraction of sp³-hybridized carbons (Fsp3) is 0.429. The van der Waals surface area contributed by atoms with Gasteiger partial charge in [-0.3, -0.25) is 23.5 Å². The van der Waals surface area contributed by atoms with Crippen molar-refractivity contribution in [3.05, 3.63) is 68.4 Å². The molecule has 2 amide bonds. The van der Waals surface area contributed by atoms with Gasteiger partial charge in [0.05, 0.1) is 31.7 Å². The number of benzene rings is 2. The van der Waals surface area contributed by atoms with E-state index in [1.807, 2.05) is 11.8 Å². The maximum absolute atomic E-state index is 13.6. The number of rotatable bonds is 9. The molecule has 10 nitrogen and oxygen atoms in total. The first-order valence-electron chi connectivity index (χ1n) is 12.9. The van der Waals surface area contributed by atoms with Crippen molar-refractivity contribution in [2.45, 2.75) is 45.7 Å². The number of methoxy groups -OCH3 is 2. The maximum atomic E-state index is 13.6. The number of nitrogens with one attached hydrogen (secondary N) is 1. The third kappa shape index (κ3) is 5.58.